The Morgan fingerprint density at radius 2 is 2.00 bits per heavy atom. The van der Waals surface area contributed by atoms with Crippen molar-refractivity contribution in [1.82, 2.24) is 9.80 Å². The minimum atomic E-state index is -0.449. The van der Waals surface area contributed by atoms with E-state index in [1.165, 1.54) is 32.1 Å². The molecular weight excluding hydrogens is 270 g/mol. The van der Waals surface area contributed by atoms with Gasteiger partial charge in [-0.05, 0) is 18.8 Å². The summed E-state index contributed by atoms with van der Waals surface area (Å²) in [6.45, 7) is 2.85. The Hall–Kier alpha value is -1.14. The van der Waals surface area contributed by atoms with Crippen LogP contribution in [0.1, 0.15) is 32.1 Å². The lowest BCUT2D eigenvalue weighted by Crippen LogP contribution is -2.56. The van der Waals surface area contributed by atoms with Gasteiger partial charge in [0.2, 0.25) is 11.8 Å². The number of likely N-dealkylation sites (tertiary alicyclic amines) is 1. The van der Waals surface area contributed by atoms with E-state index in [1.807, 2.05) is 0 Å². The van der Waals surface area contributed by atoms with Crippen LogP contribution in [0.5, 0.6) is 0 Å². The summed E-state index contributed by atoms with van der Waals surface area (Å²) in [6.07, 6.45) is 6.71. The Labute approximate surface area is 125 Å². The average molecular weight is 295 g/mol. The molecule has 0 bridgehead atoms. The topological polar surface area (TPSA) is 75.9 Å². The van der Waals surface area contributed by atoms with E-state index in [-0.39, 0.29) is 31.2 Å². The van der Waals surface area contributed by atoms with E-state index in [9.17, 15) is 9.59 Å². The van der Waals surface area contributed by atoms with Crippen LogP contribution in [0.3, 0.4) is 0 Å². The highest BCUT2D eigenvalue weighted by Gasteiger charge is 2.43. The van der Waals surface area contributed by atoms with Gasteiger partial charge < -0.3 is 15.4 Å². The summed E-state index contributed by atoms with van der Waals surface area (Å²) in [6, 6.07) is -0.0117. The van der Waals surface area contributed by atoms with Crippen LogP contribution in [-0.2, 0) is 14.3 Å². The van der Waals surface area contributed by atoms with Crippen LogP contribution in [0.4, 0.5) is 0 Å². The Balaban J connectivity index is 1.59. The number of ether oxygens (including phenoxy) is 1. The van der Waals surface area contributed by atoms with E-state index < -0.39 is 5.91 Å². The first-order valence-electron chi connectivity index (χ1n) is 8.05. The number of rotatable bonds is 4. The second-order valence-electron chi connectivity index (χ2n) is 6.63. The molecule has 3 fully saturated rings. The first-order valence-corrected chi connectivity index (χ1v) is 8.05. The van der Waals surface area contributed by atoms with Crippen LogP contribution in [-0.4, -0.2) is 66.5 Å². The molecule has 2 atom stereocenters. The molecule has 1 saturated carbocycles. The number of morpholine rings is 1. The number of carbonyl (C=O) groups excluding carboxylic acids is 2. The maximum Gasteiger partial charge on any atom is 0.249 e. The smallest absolute Gasteiger partial charge is 0.249 e. The summed E-state index contributed by atoms with van der Waals surface area (Å²) in [5.41, 5.74) is 5.27. The molecule has 6 heteroatoms. The zero-order chi connectivity index (χ0) is 14.8. The summed E-state index contributed by atoms with van der Waals surface area (Å²) in [4.78, 5) is 27.1. The van der Waals surface area contributed by atoms with Gasteiger partial charge >= 0.3 is 0 Å². The van der Waals surface area contributed by atoms with E-state index in [4.69, 9.17) is 10.5 Å². The second kappa shape index (κ2) is 6.32. The highest BCUT2D eigenvalue weighted by Crippen LogP contribution is 2.28. The molecule has 2 heterocycles. The van der Waals surface area contributed by atoms with Crippen molar-refractivity contribution in [3.63, 3.8) is 0 Å². The Kier molecular flexibility index (Phi) is 4.45. The number of carbonyl (C=O) groups is 2. The van der Waals surface area contributed by atoms with Gasteiger partial charge in [-0.1, -0.05) is 19.3 Å². The van der Waals surface area contributed by atoms with Gasteiger partial charge in [0.15, 0.2) is 0 Å². The molecule has 1 aliphatic carbocycles. The van der Waals surface area contributed by atoms with Gasteiger partial charge in [0.25, 0.3) is 0 Å². The van der Waals surface area contributed by atoms with Crippen LogP contribution < -0.4 is 5.73 Å². The minimum absolute atomic E-state index is 0.0117. The molecule has 118 valence electrons. The van der Waals surface area contributed by atoms with Crippen molar-refractivity contribution < 1.29 is 14.3 Å². The van der Waals surface area contributed by atoms with Crippen molar-refractivity contribution in [3.05, 3.63) is 0 Å². The normalized spacial score (nSPS) is 31.4. The average Bonchev–Trinajstić information content (AvgIpc) is 2.86. The van der Waals surface area contributed by atoms with Crippen molar-refractivity contribution in [2.45, 2.75) is 44.2 Å². The van der Waals surface area contributed by atoms with Gasteiger partial charge in [-0.25, -0.2) is 0 Å². The summed E-state index contributed by atoms with van der Waals surface area (Å²) in [7, 11) is 0. The molecular formula is C15H25N3O3. The molecule has 0 radical (unpaired) electrons. The molecule has 0 spiro atoms. The molecule has 0 aromatic carbocycles. The molecule has 0 aromatic rings. The maximum atomic E-state index is 11.9. The third kappa shape index (κ3) is 3.37. The van der Waals surface area contributed by atoms with Crippen molar-refractivity contribution in [1.29, 1.82) is 0 Å². The van der Waals surface area contributed by atoms with Crippen LogP contribution in [0.2, 0.25) is 0 Å². The lowest BCUT2D eigenvalue weighted by molar-refractivity contribution is -0.155. The van der Waals surface area contributed by atoms with E-state index in [0.29, 0.717) is 0 Å². The van der Waals surface area contributed by atoms with Gasteiger partial charge in [-0.3, -0.25) is 14.5 Å². The number of nitrogens with zero attached hydrogens (tertiary/aromatic N) is 2. The summed E-state index contributed by atoms with van der Waals surface area (Å²) >= 11 is 0. The number of primary amides is 1. The van der Waals surface area contributed by atoms with Gasteiger partial charge in [0, 0.05) is 19.6 Å². The largest absolute Gasteiger partial charge is 0.368 e. The maximum absolute atomic E-state index is 11.9. The van der Waals surface area contributed by atoms with Gasteiger partial charge in [-0.15, -0.1) is 0 Å². The fourth-order valence-corrected chi connectivity index (χ4v) is 4.00. The van der Waals surface area contributed by atoms with Crippen LogP contribution >= 0.6 is 0 Å². The summed E-state index contributed by atoms with van der Waals surface area (Å²) in [5, 5.41) is 0. The fraction of sp³-hybridized carbons (Fsp3) is 0.867. The number of amides is 2. The number of hydrogen-bond donors (Lipinski definition) is 1. The monoisotopic (exact) mass is 295 g/mol. The molecule has 3 rings (SSSR count). The number of fused-ring (bicyclic) bond motifs is 1. The lowest BCUT2D eigenvalue weighted by Gasteiger charge is -2.35. The van der Waals surface area contributed by atoms with Crippen molar-refractivity contribution in [2.24, 2.45) is 11.7 Å². The zero-order valence-electron chi connectivity index (χ0n) is 12.5. The van der Waals surface area contributed by atoms with E-state index in [0.717, 1.165) is 25.6 Å². The Morgan fingerprint density at radius 1 is 1.24 bits per heavy atom. The van der Waals surface area contributed by atoms with E-state index in [2.05, 4.69) is 4.90 Å². The minimum Gasteiger partial charge on any atom is -0.368 e. The Bertz CT molecular complexity index is 409. The number of hydrogen-bond acceptors (Lipinski definition) is 4. The lowest BCUT2D eigenvalue weighted by atomic mass is 9.89. The van der Waals surface area contributed by atoms with Gasteiger partial charge in [0.05, 0.1) is 18.7 Å². The molecule has 2 unspecified atom stereocenters. The highest BCUT2D eigenvalue weighted by molar-refractivity contribution is 5.85. The zero-order valence-corrected chi connectivity index (χ0v) is 12.5. The third-order valence-electron chi connectivity index (χ3n) is 5.02. The van der Waals surface area contributed by atoms with Crippen molar-refractivity contribution >= 4 is 11.8 Å². The van der Waals surface area contributed by atoms with E-state index in [1.54, 1.807) is 4.90 Å². The van der Waals surface area contributed by atoms with Crippen LogP contribution in [0, 0.1) is 5.92 Å². The molecule has 2 aliphatic heterocycles. The summed E-state index contributed by atoms with van der Waals surface area (Å²) in [5.74, 6) is 0.212. The molecule has 21 heavy (non-hydrogen) atoms. The van der Waals surface area contributed by atoms with Gasteiger partial charge in [-0.2, -0.15) is 0 Å². The predicted octanol–water partition coefficient (Wildman–Crippen LogP) is -0.0364. The van der Waals surface area contributed by atoms with E-state index >= 15 is 0 Å². The van der Waals surface area contributed by atoms with Crippen LogP contribution in [0.25, 0.3) is 0 Å². The SMILES string of the molecule is NC(=O)CN1C(=O)COC2CN(CC3CCCCC3)CC21. The highest BCUT2D eigenvalue weighted by atomic mass is 16.5. The molecule has 0 aromatic heterocycles. The first-order chi connectivity index (χ1) is 10.1. The molecule has 3 aliphatic rings. The quantitative estimate of drug-likeness (QED) is 0.790. The standard InChI is InChI=1S/C15H25N3O3/c16-14(19)9-18-12-7-17(6-11-4-2-1-3-5-11)8-13(12)21-10-15(18)20/h11-13H,1-10H2,(H2,16,19). The van der Waals surface area contributed by atoms with Crippen LogP contribution in [0.15, 0.2) is 0 Å². The third-order valence-corrected chi connectivity index (χ3v) is 5.02. The predicted molar refractivity (Wildman–Crippen MR) is 77.5 cm³/mol. The summed E-state index contributed by atoms with van der Waals surface area (Å²) < 4.78 is 5.66. The first kappa shape index (κ1) is 14.8. The van der Waals surface area contributed by atoms with Gasteiger partial charge in [0.1, 0.15) is 6.61 Å². The fourth-order valence-electron chi connectivity index (χ4n) is 4.00. The number of nitrogens with two attached hydrogens (primary N) is 1. The Morgan fingerprint density at radius 3 is 2.71 bits per heavy atom. The van der Waals surface area contributed by atoms with Crippen molar-refractivity contribution in [2.75, 3.05) is 32.8 Å². The molecule has 6 nitrogen and oxygen atoms in total. The molecule has 2 amide bonds. The molecule has 2 N–H and O–H groups in total. The second-order valence-corrected chi connectivity index (χ2v) is 6.63. The molecule has 2 saturated heterocycles. The van der Waals surface area contributed by atoms with Crippen molar-refractivity contribution in [3.8, 4) is 0 Å².